The number of likely N-dealkylation sites (N-methyl/N-ethyl adjacent to an activating group) is 1. The first-order chi connectivity index (χ1) is 9.18. The summed E-state index contributed by atoms with van der Waals surface area (Å²) >= 11 is 2.00. The van der Waals surface area contributed by atoms with E-state index in [2.05, 4.69) is 15.2 Å². The van der Waals surface area contributed by atoms with Gasteiger partial charge in [-0.15, -0.1) is 0 Å². The molecule has 1 amide bonds. The van der Waals surface area contributed by atoms with Crippen LogP contribution >= 0.6 is 11.8 Å². The standard InChI is InChI=1S/C14H21N3OS/c1-11(17(2)12-6-9-19-10-7-12)14(18)16-13-5-3-4-8-15-13/h3-5,8,11-12H,6-7,9-10H2,1-2H3,(H,15,16,18)/t11-/m0/s1. The molecule has 2 heterocycles. The largest absolute Gasteiger partial charge is 0.309 e. The van der Waals surface area contributed by atoms with Crippen LogP contribution in [0.15, 0.2) is 24.4 Å². The minimum absolute atomic E-state index is 0.0134. The van der Waals surface area contributed by atoms with Crippen molar-refractivity contribution in [2.45, 2.75) is 31.8 Å². The minimum atomic E-state index is -0.130. The van der Waals surface area contributed by atoms with E-state index < -0.39 is 0 Å². The lowest BCUT2D eigenvalue weighted by molar-refractivity contribution is -0.121. The molecule has 0 unspecified atom stereocenters. The quantitative estimate of drug-likeness (QED) is 0.918. The van der Waals surface area contributed by atoms with E-state index in [1.54, 1.807) is 6.20 Å². The van der Waals surface area contributed by atoms with Crippen molar-refractivity contribution in [3.8, 4) is 0 Å². The van der Waals surface area contributed by atoms with Crippen LogP contribution in [0.2, 0.25) is 0 Å². The number of nitrogens with zero attached hydrogens (tertiary/aromatic N) is 2. The first-order valence-electron chi connectivity index (χ1n) is 6.70. The summed E-state index contributed by atoms with van der Waals surface area (Å²) in [4.78, 5) is 18.5. The van der Waals surface area contributed by atoms with E-state index in [1.807, 2.05) is 43.9 Å². The molecule has 0 aromatic carbocycles. The van der Waals surface area contributed by atoms with Crippen molar-refractivity contribution in [1.29, 1.82) is 0 Å². The number of amides is 1. The average molecular weight is 279 g/mol. The van der Waals surface area contributed by atoms with Crippen molar-refractivity contribution in [3.63, 3.8) is 0 Å². The van der Waals surface area contributed by atoms with Gasteiger partial charge in [-0.3, -0.25) is 9.69 Å². The van der Waals surface area contributed by atoms with Gasteiger partial charge in [-0.2, -0.15) is 11.8 Å². The topological polar surface area (TPSA) is 45.2 Å². The number of carbonyl (C=O) groups is 1. The van der Waals surface area contributed by atoms with Gasteiger partial charge in [0, 0.05) is 12.2 Å². The van der Waals surface area contributed by atoms with Crippen molar-refractivity contribution in [3.05, 3.63) is 24.4 Å². The molecule has 0 spiro atoms. The molecule has 1 aromatic heterocycles. The summed E-state index contributed by atoms with van der Waals surface area (Å²) in [5, 5.41) is 2.86. The lowest BCUT2D eigenvalue weighted by Crippen LogP contribution is -2.46. The molecule has 2 rings (SSSR count). The molecule has 19 heavy (non-hydrogen) atoms. The maximum atomic E-state index is 12.2. The maximum absolute atomic E-state index is 12.2. The van der Waals surface area contributed by atoms with E-state index >= 15 is 0 Å². The zero-order valence-corrected chi connectivity index (χ0v) is 12.3. The maximum Gasteiger partial charge on any atom is 0.242 e. The van der Waals surface area contributed by atoms with Crippen molar-refractivity contribution < 1.29 is 4.79 Å². The van der Waals surface area contributed by atoms with Crippen LogP contribution in [-0.4, -0.2) is 46.4 Å². The number of hydrogen-bond acceptors (Lipinski definition) is 4. The van der Waals surface area contributed by atoms with Crippen LogP contribution in [-0.2, 0) is 4.79 Å². The van der Waals surface area contributed by atoms with Crippen molar-refractivity contribution in [2.24, 2.45) is 0 Å². The normalized spacial score (nSPS) is 18.3. The van der Waals surface area contributed by atoms with E-state index in [9.17, 15) is 4.79 Å². The van der Waals surface area contributed by atoms with Crippen molar-refractivity contribution >= 4 is 23.5 Å². The van der Waals surface area contributed by atoms with Gasteiger partial charge < -0.3 is 5.32 Å². The molecule has 4 nitrogen and oxygen atoms in total. The van der Waals surface area contributed by atoms with Gasteiger partial charge in [0.2, 0.25) is 5.91 Å². The van der Waals surface area contributed by atoms with Crippen LogP contribution in [0.3, 0.4) is 0 Å². The zero-order valence-electron chi connectivity index (χ0n) is 11.5. The molecule has 0 radical (unpaired) electrons. The van der Waals surface area contributed by atoms with Gasteiger partial charge in [0.25, 0.3) is 0 Å². The Morgan fingerprint density at radius 2 is 2.21 bits per heavy atom. The number of aromatic nitrogens is 1. The van der Waals surface area contributed by atoms with Gasteiger partial charge in [-0.25, -0.2) is 4.98 Å². The van der Waals surface area contributed by atoms with Crippen LogP contribution in [0, 0.1) is 0 Å². The Labute approximate surface area is 119 Å². The van der Waals surface area contributed by atoms with Crippen molar-refractivity contribution in [1.82, 2.24) is 9.88 Å². The Kier molecular flexibility index (Phi) is 5.22. The molecule has 0 bridgehead atoms. The third-order valence-electron chi connectivity index (χ3n) is 3.67. The summed E-state index contributed by atoms with van der Waals surface area (Å²) in [7, 11) is 2.04. The first-order valence-corrected chi connectivity index (χ1v) is 7.85. The third kappa shape index (κ3) is 3.94. The Morgan fingerprint density at radius 1 is 1.47 bits per heavy atom. The predicted octanol–water partition coefficient (Wildman–Crippen LogP) is 2.24. The summed E-state index contributed by atoms with van der Waals surface area (Å²) < 4.78 is 0. The monoisotopic (exact) mass is 279 g/mol. The van der Waals surface area contributed by atoms with Gasteiger partial charge in [0.15, 0.2) is 0 Å². The molecular weight excluding hydrogens is 258 g/mol. The van der Waals surface area contributed by atoms with E-state index in [-0.39, 0.29) is 11.9 Å². The minimum Gasteiger partial charge on any atom is -0.309 e. The molecule has 1 fully saturated rings. The van der Waals surface area contributed by atoms with E-state index in [0.29, 0.717) is 11.9 Å². The molecule has 0 aliphatic carbocycles. The number of thioether (sulfide) groups is 1. The van der Waals surface area contributed by atoms with E-state index in [4.69, 9.17) is 0 Å². The Morgan fingerprint density at radius 3 is 2.84 bits per heavy atom. The smallest absolute Gasteiger partial charge is 0.242 e. The van der Waals surface area contributed by atoms with Crippen LogP contribution < -0.4 is 5.32 Å². The van der Waals surface area contributed by atoms with E-state index in [0.717, 1.165) is 0 Å². The highest BCUT2D eigenvalue weighted by Gasteiger charge is 2.26. The fraction of sp³-hybridized carbons (Fsp3) is 0.571. The SMILES string of the molecule is C[C@@H](C(=O)Nc1ccccn1)N(C)C1CCSCC1. The molecule has 1 aromatic rings. The highest BCUT2D eigenvalue weighted by Crippen LogP contribution is 2.22. The molecule has 1 aliphatic heterocycles. The molecule has 1 atom stereocenters. The number of nitrogens with one attached hydrogen (secondary N) is 1. The number of rotatable bonds is 4. The van der Waals surface area contributed by atoms with Crippen molar-refractivity contribution in [2.75, 3.05) is 23.9 Å². The van der Waals surface area contributed by atoms with Gasteiger partial charge in [0.05, 0.1) is 6.04 Å². The summed E-state index contributed by atoms with van der Waals surface area (Å²) in [5.74, 6) is 3.03. The second kappa shape index (κ2) is 6.91. The Balaban J connectivity index is 1.90. The first kappa shape index (κ1) is 14.3. The molecular formula is C14H21N3OS. The number of carbonyl (C=O) groups excluding carboxylic acids is 1. The lowest BCUT2D eigenvalue weighted by Gasteiger charge is -2.34. The second-order valence-electron chi connectivity index (χ2n) is 4.89. The summed E-state index contributed by atoms with van der Waals surface area (Å²) in [6, 6.07) is 5.91. The number of hydrogen-bond donors (Lipinski definition) is 1. The Hall–Kier alpha value is -1.07. The summed E-state index contributed by atoms with van der Waals surface area (Å²) in [6.07, 6.45) is 4.02. The fourth-order valence-corrected chi connectivity index (χ4v) is 3.34. The lowest BCUT2D eigenvalue weighted by atomic mass is 10.1. The van der Waals surface area contributed by atoms with Gasteiger partial charge in [-0.1, -0.05) is 6.07 Å². The predicted molar refractivity (Wildman–Crippen MR) is 80.4 cm³/mol. The highest BCUT2D eigenvalue weighted by molar-refractivity contribution is 7.99. The molecule has 0 saturated carbocycles. The van der Waals surface area contributed by atoms with Crippen LogP contribution in [0.5, 0.6) is 0 Å². The van der Waals surface area contributed by atoms with Crippen LogP contribution in [0.4, 0.5) is 5.82 Å². The van der Waals surface area contributed by atoms with Gasteiger partial charge in [-0.05, 0) is 50.5 Å². The van der Waals surface area contributed by atoms with Gasteiger partial charge in [0.1, 0.15) is 5.82 Å². The third-order valence-corrected chi connectivity index (χ3v) is 4.72. The number of anilines is 1. The van der Waals surface area contributed by atoms with E-state index in [1.165, 1.54) is 24.3 Å². The molecule has 1 aliphatic rings. The molecule has 1 saturated heterocycles. The highest BCUT2D eigenvalue weighted by atomic mass is 32.2. The van der Waals surface area contributed by atoms with Crippen LogP contribution in [0.25, 0.3) is 0 Å². The zero-order chi connectivity index (χ0) is 13.7. The number of pyridine rings is 1. The summed E-state index contributed by atoms with van der Waals surface area (Å²) in [5.41, 5.74) is 0. The fourth-order valence-electron chi connectivity index (χ4n) is 2.26. The molecule has 1 N–H and O–H groups in total. The Bertz CT molecular complexity index is 406. The summed E-state index contributed by atoms with van der Waals surface area (Å²) in [6.45, 7) is 1.96. The molecule has 5 heteroatoms. The van der Waals surface area contributed by atoms with Gasteiger partial charge >= 0.3 is 0 Å². The second-order valence-corrected chi connectivity index (χ2v) is 6.11. The average Bonchev–Trinajstić information content (AvgIpc) is 2.47. The van der Waals surface area contributed by atoms with Crippen LogP contribution in [0.1, 0.15) is 19.8 Å². The molecule has 104 valence electrons.